The van der Waals surface area contributed by atoms with Crippen LogP contribution in [0.1, 0.15) is 11.1 Å². The van der Waals surface area contributed by atoms with Gasteiger partial charge in [0.25, 0.3) is 5.69 Å². The summed E-state index contributed by atoms with van der Waals surface area (Å²) >= 11 is 0. The summed E-state index contributed by atoms with van der Waals surface area (Å²) in [6.45, 7) is 0. The molecule has 1 heterocycles. The van der Waals surface area contributed by atoms with Crippen molar-refractivity contribution < 1.29 is 9.34 Å². The summed E-state index contributed by atoms with van der Waals surface area (Å²) < 4.78 is 5.20. The van der Waals surface area contributed by atoms with Crippen molar-refractivity contribution in [2.45, 2.75) is 6.42 Å². The third-order valence-corrected chi connectivity index (χ3v) is 3.28. The van der Waals surface area contributed by atoms with Crippen LogP contribution in [0.3, 0.4) is 0 Å². The molecular formula is C16H11NO4. The summed E-state index contributed by atoms with van der Waals surface area (Å²) in [5.74, 6) is 0. The van der Waals surface area contributed by atoms with E-state index in [1.54, 1.807) is 24.3 Å². The first-order valence-corrected chi connectivity index (χ1v) is 6.40. The third kappa shape index (κ3) is 2.41. The minimum absolute atomic E-state index is 0.0740. The molecule has 5 nitrogen and oxygen atoms in total. The highest BCUT2D eigenvalue weighted by atomic mass is 16.6. The van der Waals surface area contributed by atoms with Crippen LogP contribution in [0.2, 0.25) is 0 Å². The van der Waals surface area contributed by atoms with Crippen LogP contribution >= 0.6 is 0 Å². The quantitative estimate of drug-likeness (QED) is 0.419. The second-order valence-electron chi connectivity index (χ2n) is 4.63. The van der Waals surface area contributed by atoms with Gasteiger partial charge in [-0.15, -0.1) is 0 Å². The molecule has 0 amide bonds. The van der Waals surface area contributed by atoms with Crippen molar-refractivity contribution in [1.29, 1.82) is 0 Å². The number of benzene rings is 2. The van der Waals surface area contributed by atoms with Gasteiger partial charge in [0.15, 0.2) is 0 Å². The molecule has 0 aliphatic rings. The van der Waals surface area contributed by atoms with Crippen LogP contribution in [0, 0.1) is 10.1 Å². The van der Waals surface area contributed by atoms with E-state index >= 15 is 0 Å². The molecule has 0 aliphatic carbocycles. The molecule has 0 atom stereocenters. The standard InChI is InChI=1S/C16H11NO4/c18-16-13(10-11-6-2-1-3-7-11)15(17(19)20)12-8-4-5-9-14(12)21-16/h1-9H,10H2. The second kappa shape index (κ2) is 5.20. The third-order valence-electron chi connectivity index (χ3n) is 3.28. The van der Waals surface area contributed by atoms with Gasteiger partial charge in [0, 0.05) is 6.42 Å². The molecule has 3 rings (SSSR count). The van der Waals surface area contributed by atoms with Crippen molar-refractivity contribution >= 4 is 16.7 Å². The molecule has 0 bridgehead atoms. The molecular weight excluding hydrogens is 270 g/mol. The van der Waals surface area contributed by atoms with Gasteiger partial charge in [-0.3, -0.25) is 10.1 Å². The fourth-order valence-corrected chi connectivity index (χ4v) is 2.34. The molecule has 0 fully saturated rings. The Balaban J connectivity index is 2.26. The Morgan fingerprint density at radius 1 is 1.00 bits per heavy atom. The number of nitrogens with zero attached hydrogens (tertiary/aromatic N) is 1. The van der Waals surface area contributed by atoms with E-state index in [2.05, 4.69) is 0 Å². The molecule has 0 saturated heterocycles. The van der Waals surface area contributed by atoms with Crippen molar-refractivity contribution in [3.63, 3.8) is 0 Å². The first-order chi connectivity index (χ1) is 10.2. The Morgan fingerprint density at radius 2 is 1.67 bits per heavy atom. The molecule has 0 radical (unpaired) electrons. The highest BCUT2D eigenvalue weighted by Crippen LogP contribution is 2.28. The average molecular weight is 281 g/mol. The second-order valence-corrected chi connectivity index (χ2v) is 4.63. The molecule has 0 saturated carbocycles. The fraction of sp³-hybridized carbons (Fsp3) is 0.0625. The van der Waals surface area contributed by atoms with Crippen LogP contribution in [-0.4, -0.2) is 4.92 Å². The van der Waals surface area contributed by atoms with Gasteiger partial charge in [-0.2, -0.15) is 0 Å². The average Bonchev–Trinajstić information content (AvgIpc) is 2.48. The van der Waals surface area contributed by atoms with Crippen molar-refractivity contribution in [3.8, 4) is 0 Å². The molecule has 0 unspecified atom stereocenters. The minimum atomic E-state index is -0.663. The maximum atomic E-state index is 12.1. The van der Waals surface area contributed by atoms with E-state index in [4.69, 9.17) is 4.42 Å². The van der Waals surface area contributed by atoms with Gasteiger partial charge in [0.05, 0.1) is 10.3 Å². The Morgan fingerprint density at radius 3 is 2.38 bits per heavy atom. The summed E-state index contributed by atoms with van der Waals surface area (Å²) in [5.41, 5.74) is 0.286. The Kier molecular flexibility index (Phi) is 3.23. The van der Waals surface area contributed by atoms with Crippen molar-refractivity contribution in [1.82, 2.24) is 0 Å². The van der Waals surface area contributed by atoms with Crippen LogP contribution in [0.15, 0.2) is 63.8 Å². The normalized spacial score (nSPS) is 10.7. The first-order valence-electron chi connectivity index (χ1n) is 6.40. The van der Waals surface area contributed by atoms with Gasteiger partial charge in [0.1, 0.15) is 11.1 Å². The summed E-state index contributed by atoms with van der Waals surface area (Å²) in [6, 6.07) is 15.6. The van der Waals surface area contributed by atoms with Crippen LogP contribution in [-0.2, 0) is 6.42 Å². The van der Waals surface area contributed by atoms with Crippen LogP contribution in [0.4, 0.5) is 5.69 Å². The molecule has 0 aliphatic heterocycles. The van der Waals surface area contributed by atoms with Gasteiger partial charge in [-0.05, 0) is 17.7 Å². The zero-order valence-electron chi connectivity index (χ0n) is 11.0. The first kappa shape index (κ1) is 13.1. The lowest BCUT2D eigenvalue weighted by Crippen LogP contribution is -2.12. The van der Waals surface area contributed by atoms with Crippen molar-refractivity contribution in [2.24, 2.45) is 0 Å². The highest BCUT2D eigenvalue weighted by Gasteiger charge is 2.23. The van der Waals surface area contributed by atoms with E-state index in [0.29, 0.717) is 5.39 Å². The van der Waals surface area contributed by atoms with E-state index in [9.17, 15) is 14.9 Å². The molecule has 0 N–H and O–H groups in total. The fourth-order valence-electron chi connectivity index (χ4n) is 2.34. The van der Waals surface area contributed by atoms with E-state index in [1.165, 1.54) is 0 Å². The summed E-state index contributed by atoms with van der Waals surface area (Å²) in [5, 5.41) is 11.7. The number of rotatable bonds is 3. The monoisotopic (exact) mass is 281 g/mol. The number of hydrogen-bond donors (Lipinski definition) is 0. The lowest BCUT2D eigenvalue weighted by atomic mass is 10.0. The number of para-hydroxylation sites is 1. The van der Waals surface area contributed by atoms with Gasteiger partial charge in [0.2, 0.25) is 0 Å². The van der Waals surface area contributed by atoms with Crippen LogP contribution in [0.25, 0.3) is 11.0 Å². The Bertz CT molecular complexity index is 868. The lowest BCUT2D eigenvalue weighted by molar-refractivity contribution is -0.384. The van der Waals surface area contributed by atoms with Crippen LogP contribution in [0.5, 0.6) is 0 Å². The summed E-state index contributed by atoms with van der Waals surface area (Å²) in [7, 11) is 0. The zero-order chi connectivity index (χ0) is 14.8. The van der Waals surface area contributed by atoms with Crippen LogP contribution < -0.4 is 5.63 Å². The molecule has 0 spiro atoms. The van der Waals surface area contributed by atoms with Gasteiger partial charge in [-0.25, -0.2) is 4.79 Å². The van der Waals surface area contributed by atoms with Gasteiger partial charge >= 0.3 is 5.63 Å². The molecule has 21 heavy (non-hydrogen) atoms. The smallest absolute Gasteiger partial charge is 0.346 e. The number of hydrogen-bond acceptors (Lipinski definition) is 4. The zero-order valence-corrected chi connectivity index (χ0v) is 11.0. The van der Waals surface area contributed by atoms with Gasteiger partial charge in [-0.1, -0.05) is 42.5 Å². The number of fused-ring (bicyclic) bond motifs is 1. The van der Waals surface area contributed by atoms with E-state index < -0.39 is 10.5 Å². The minimum Gasteiger partial charge on any atom is -0.422 e. The molecule has 5 heteroatoms. The predicted molar refractivity (Wildman–Crippen MR) is 78.4 cm³/mol. The lowest BCUT2D eigenvalue weighted by Gasteiger charge is -2.05. The largest absolute Gasteiger partial charge is 0.422 e. The Hall–Kier alpha value is -2.95. The van der Waals surface area contributed by atoms with E-state index in [0.717, 1.165) is 5.56 Å². The predicted octanol–water partition coefficient (Wildman–Crippen LogP) is 3.29. The van der Waals surface area contributed by atoms with E-state index in [1.807, 2.05) is 30.3 Å². The highest BCUT2D eigenvalue weighted by molar-refractivity contribution is 5.87. The topological polar surface area (TPSA) is 73.3 Å². The number of nitro groups is 1. The Labute approximate surface area is 119 Å². The summed E-state index contributed by atoms with van der Waals surface area (Å²) in [4.78, 5) is 23.0. The van der Waals surface area contributed by atoms with Crippen molar-refractivity contribution in [3.05, 3.63) is 86.3 Å². The van der Waals surface area contributed by atoms with Gasteiger partial charge < -0.3 is 4.42 Å². The molecule has 3 aromatic rings. The summed E-state index contributed by atoms with van der Waals surface area (Å²) in [6.07, 6.45) is 0.171. The molecule has 2 aromatic carbocycles. The van der Waals surface area contributed by atoms with Crippen molar-refractivity contribution in [2.75, 3.05) is 0 Å². The SMILES string of the molecule is O=c1oc2ccccc2c([N+](=O)[O-])c1Cc1ccccc1. The maximum absolute atomic E-state index is 12.1. The molecule has 1 aromatic heterocycles. The maximum Gasteiger partial charge on any atom is 0.346 e. The van der Waals surface area contributed by atoms with E-state index in [-0.39, 0.29) is 23.3 Å². The molecule has 104 valence electrons.